The van der Waals surface area contributed by atoms with Crippen LogP contribution in [0.15, 0.2) is 48.9 Å². The Hall–Kier alpha value is -3.32. The largest absolute Gasteiger partial charge is 0.347 e. The lowest BCUT2D eigenvalue weighted by molar-refractivity contribution is 0.0954. The van der Waals surface area contributed by atoms with Crippen molar-refractivity contribution >= 4 is 17.2 Å². The number of hydrogen-bond acceptors (Lipinski definition) is 5. The minimum atomic E-state index is -0.127. The van der Waals surface area contributed by atoms with E-state index in [4.69, 9.17) is 0 Å². The number of aromatic nitrogens is 4. The van der Waals surface area contributed by atoms with Gasteiger partial charge in [0.05, 0.1) is 5.69 Å². The normalized spacial score (nSPS) is 10.9. The maximum absolute atomic E-state index is 12.9. The first-order valence-electron chi connectivity index (χ1n) is 9.71. The number of imidazole rings is 1. The summed E-state index contributed by atoms with van der Waals surface area (Å²) in [5.41, 5.74) is 5.10. The average Bonchev–Trinajstić information content (AvgIpc) is 3.32. The zero-order chi connectivity index (χ0) is 21.3. The fourth-order valence-corrected chi connectivity index (χ4v) is 4.49. The molecule has 6 nitrogen and oxygen atoms in total. The Kier molecular flexibility index (Phi) is 5.46. The van der Waals surface area contributed by atoms with E-state index < -0.39 is 0 Å². The molecule has 7 heteroatoms. The van der Waals surface area contributed by atoms with E-state index in [-0.39, 0.29) is 5.91 Å². The fraction of sp³-hybridized carbons (Fsp3) is 0.217. The van der Waals surface area contributed by atoms with Crippen LogP contribution in [0.25, 0.3) is 16.4 Å². The average molecular weight is 418 g/mol. The maximum Gasteiger partial charge on any atom is 0.263 e. The number of nitrogens with zero attached hydrogens (tertiary/aromatic N) is 4. The molecule has 30 heavy (non-hydrogen) atoms. The number of aryl methyl sites for hydroxylation is 4. The second-order valence-electron chi connectivity index (χ2n) is 7.27. The summed E-state index contributed by atoms with van der Waals surface area (Å²) >= 11 is 1.43. The van der Waals surface area contributed by atoms with Crippen LogP contribution < -0.4 is 5.32 Å². The van der Waals surface area contributed by atoms with E-state index in [1.54, 1.807) is 12.4 Å². The Morgan fingerprint density at radius 3 is 2.67 bits per heavy atom. The van der Waals surface area contributed by atoms with E-state index in [1.165, 1.54) is 16.9 Å². The third-order valence-corrected chi connectivity index (χ3v) is 6.17. The molecule has 3 heterocycles. The van der Waals surface area contributed by atoms with Gasteiger partial charge in [0.15, 0.2) is 0 Å². The monoisotopic (exact) mass is 417 g/mol. The van der Waals surface area contributed by atoms with Crippen LogP contribution in [0.2, 0.25) is 0 Å². The summed E-state index contributed by atoms with van der Waals surface area (Å²) in [6, 6.07) is 10.1. The zero-order valence-electron chi connectivity index (χ0n) is 17.4. The van der Waals surface area contributed by atoms with Crippen molar-refractivity contribution in [1.29, 1.82) is 0 Å². The summed E-state index contributed by atoms with van der Waals surface area (Å²) in [4.78, 5) is 26.9. The Balaban J connectivity index is 1.55. The van der Waals surface area contributed by atoms with Gasteiger partial charge in [-0.15, -0.1) is 11.3 Å². The van der Waals surface area contributed by atoms with Gasteiger partial charge in [0.2, 0.25) is 0 Å². The fourth-order valence-electron chi connectivity index (χ4n) is 3.42. The van der Waals surface area contributed by atoms with E-state index in [2.05, 4.69) is 52.3 Å². The van der Waals surface area contributed by atoms with Gasteiger partial charge in [-0.25, -0.2) is 15.0 Å². The van der Waals surface area contributed by atoms with Gasteiger partial charge in [-0.2, -0.15) is 0 Å². The van der Waals surface area contributed by atoms with Crippen LogP contribution in [-0.4, -0.2) is 25.4 Å². The van der Waals surface area contributed by atoms with Crippen molar-refractivity contribution in [3.05, 3.63) is 82.0 Å². The van der Waals surface area contributed by atoms with Crippen molar-refractivity contribution in [1.82, 2.24) is 24.8 Å². The van der Waals surface area contributed by atoms with Crippen molar-refractivity contribution in [2.45, 2.75) is 34.2 Å². The van der Waals surface area contributed by atoms with E-state index in [0.29, 0.717) is 11.4 Å². The summed E-state index contributed by atoms with van der Waals surface area (Å²) in [7, 11) is 0. The topological polar surface area (TPSA) is 72.7 Å². The van der Waals surface area contributed by atoms with Crippen molar-refractivity contribution in [2.24, 2.45) is 0 Å². The quantitative estimate of drug-likeness (QED) is 0.517. The molecule has 0 aliphatic carbocycles. The molecule has 0 fully saturated rings. The highest BCUT2D eigenvalue weighted by atomic mass is 32.1. The number of benzene rings is 1. The molecule has 0 atom stereocenters. The molecule has 0 unspecified atom stereocenters. The number of amides is 1. The molecule has 1 amide bonds. The van der Waals surface area contributed by atoms with E-state index in [1.807, 2.05) is 36.7 Å². The summed E-state index contributed by atoms with van der Waals surface area (Å²) < 4.78 is 1.91. The zero-order valence-corrected chi connectivity index (χ0v) is 18.2. The third-order valence-electron chi connectivity index (χ3n) is 4.98. The number of carbonyl (C=O) groups excluding carboxylic acids is 1. The standard InChI is InChI=1S/C23H23N5OS/c1-14-7-8-19(15(2)12-14)23-27-16(3)20(30-23)22(29)26-13-18-6-5-9-25-21(18)28-11-10-24-17(28)4/h5-12H,13H2,1-4H3,(H,26,29). The third kappa shape index (κ3) is 3.89. The highest BCUT2D eigenvalue weighted by Crippen LogP contribution is 2.30. The molecule has 1 aromatic carbocycles. The van der Waals surface area contributed by atoms with Gasteiger partial charge in [-0.3, -0.25) is 9.36 Å². The van der Waals surface area contributed by atoms with Gasteiger partial charge < -0.3 is 5.32 Å². The van der Waals surface area contributed by atoms with Crippen LogP contribution in [0.1, 0.15) is 37.9 Å². The van der Waals surface area contributed by atoms with Crippen LogP contribution in [0.3, 0.4) is 0 Å². The lowest BCUT2D eigenvalue weighted by Gasteiger charge is -2.11. The molecule has 3 aromatic heterocycles. The van der Waals surface area contributed by atoms with Crippen LogP contribution in [0, 0.1) is 27.7 Å². The van der Waals surface area contributed by atoms with Crippen molar-refractivity contribution in [3.63, 3.8) is 0 Å². The summed E-state index contributed by atoms with van der Waals surface area (Å²) in [5.74, 6) is 1.49. The van der Waals surface area contributed by atoms with Crippen molar-refractivity contribution in [2.75, 3.05) is 0 Å². The Morgan fingerprint density at radius 2 is 1.93 bits per heavy atom. The molecule has 0 radical (unpaired) electrons. The van der Waals surface area contributed by atoms with E-state index in [9.17, 15) is 4.79 Å². The second kappa shape index (κ2) is 8.20. The molecule has 4 aromatic rings. The van der Waals surface area contributed by atoms with Crippen LogP contribution in [-0.2, 0) is 6.54 Å². The molecular formula is C23H23N5OS. The van der Waals surface area contributed by atoms with Crippen LogP contribution >= 0.6 is 11.3 Å². The van der Waals surface area contributed by atoms with E-state index >= 15 is 0 Å². The van der Waals surface area contributed by atoms with Gasteiger partial charge in [0.25, 0.3) is 5.91 Å². The molecular weight excluding hydrogens is 394 g/mol. The molecule has 0 aliphatic rings. The van der Waals surface area contributed by atoms with E-state index in [0.717, 1.165) is 39.0 Å². The Labute approximate surface area is 179 Å². The SMILES string of the molecule is Cc1ccc(-c2nc(C)c(C(=O)NCc3cccnc3-n3ccnc3C)s2)c(C)c1. The number of carbonyl (C=O) groups is 1. The van der Waals surface area contributed by atoms with Gasteiger partial charge in [-0.05, 0) is 39.3 Å². The molecule has 152 valence electrons. The lowest BCUT2D eigenvalue weighted by Crippen LogP contribution is -2.23. The van der Waals surface area contributed by atoms with Crippen molar-refractivity contribution in [3.8, 4) is 16.4 Å². The first kappa shape index (κ1) is 20.0. The first-order valence-corrected chi connectivity index (χ1v) is 10.5. The Morgan fingerprint density at radius 1 is 1.10 bits per heavy atom. The molecule has 0 saturated carbocycles. The summed E-state index contributed by atoms with van der Waals surface area (Å²) in [6.07, 6.45) is 5.35. The second-order valence-corrected chi connectivity index (χ2v) is 8.26. The van der Waals surface area contributed by atoms with Crippen molar-refractivity contribution < 1.29 is 4.79 Å². The lowest BCUT2D eigenvalue weighted by atomic mass is 10.1. The predicted octanol–water partition coefficient (Wildman–Crippen LogP) is 4.55. The van der Waals surface area contributed by atoms with Gasteiger partial charge in [-0.1, -0.05) is 29.8 Å². The molecule has 0 aliphatic heterocycles. The number of nitrogens with one attached hydrogen (secondary N) is 1. The number of hydrogen-bond donors (Lipinski definition) is 1. The number of pyridine rings is 1. The molecule has 0 bridgehead atoms. The number of rotatable bonds is 5. The predicted molar refractivity (Wildman–Crippen MR) is 119 cm³/mol. The highest BCUT2D eigenvalue weighted by Gasteiger charge is 2.18. The number of thiazole rings is 1. The first-order chi connectivity index (χ1) is 14.4. The Bertz CT molecular complexity index is 1220. The minimum Gasteiger partial charge on any atom is -0.347 e. The van der Waals surface area contributed by atoms with Crippen LogP contribution in [0.4, 0.5) is 0 Å². The van der Waals surface area contributed by atoms with Gasteiger partial charge in [0.1, 0.15) is 21.5 Å². The van der Waals surface area contributed by atoms with Gasteiger partial charge >= 0.3 is 0 Å². The van der Waals surface area contributed by atoms with Crippen LogP contribution in [0.5, 0.6) is 0 Å². The van der Waals surface area contributed by atoms with Gasteiger partial charge in [0, 0.05) is 36.3 Å². The highest BCUT2D eigenvalue weighted by molar-refractivity contribution is 7.17. The molecule has 4 rings (SSSR count). The molecule has 1 N–H and O–H groups in total. The maximum atomic E-state index is 12.9. The minimum absolute atomic E-state index is 0.127. The molecule has 0 saturated heterocycles. The summed E-state index contributed by atoms with van der Waals surface area (Å²) in [5, 5.41) is 3.89. The summed E-state index contributed by atoms with van der Waals surface area (Å²) in [6.45, 7) is 8.31. The molecule has 0 spiro atoms. The smallest absolute Gasteiger partial charge is 0.263 e.